The lowest BCUT2D eigenvalue weighted by atomic mass is 9.98. The zero-order valence-electron chi connectivity index (χ0n) is 23.1. The minimum absolute atomic E-state index is 0.0818. The fraction of sp³-hybridized carbons (Fsp3) is 0.323. The fourth-order valence-corrected chi connectivity index (χ4v) is 4.66. The molecule has 41 heavy (non-hydrogen) atoms. The van der Waals surface area contributed by atoms with E-state index in [1.165, 1.54) is 7.11 Å². The van der Waals surface area contributed by atoms with Gasteiger partial charge in [0.05, 0.1) is 36.6 Å². The molecule has 0 spiro atoms. The highest BCUT2D eigenvalue weighted by Crippen LogP contribution is 2.41. The van der Waals surface area contributed by atoms with Crippen molar-refractivity contribution in [3.8, 4) is 23.1 Å². The SMILES string of the molecule is C=Nc1cc(-c2ccc(C(=O)NCC(O)CO)cc2OC)oc1/C(=C\C)c1ccc(NC2CCOCC2)c(C#N)c1. The van der Waals surface area contributed by atoms with E-state index < -0.39 is 18.6 Å². The minimum atomic E-state index is -1.05. The second kappa shape index (κ2) is 13.8. The summed E-state index contributed by atoms with van der Waals surface area (Å²) in [5, 5.41) is 34.4. The van der Waals surface area contributed by atoms with E-state index in [4.69, 9.17) is 19.0 Å². The Hall–Kier alpha value is -4.43. The van der Waals surface area contributed by atoms with E-state index in [-0.39, 0.29) is 12.6 Å². The number of ether oxygens (including phenoxy) is 2. The normalized spacial score (nSPS) is 14.7. The highest BCUT2D eigenvalue weighted by molar-refractivity contribution is 5.95. The first-order valence-corrected chi connectivity index (χ1v) is 13.3. The maximum Gasteiger partial charge on any atom is 0.251 e. The third-order valence-electron chi connectivity index (χ3n) is 6.89. The third-order valence-corrected chi connectivity index (χ3v) is 6.89. The molecule has 3 aromatic rings. The lowest BCUT2D eigenvalue weighted by Crippen LogP contribution is -2.33. The van der Waals surface area contributed by atoms with Crippen LogP contribution in [0.4, 0.5) is 11.4 Å². The Balaban J connectivity index is 1.63. The highest BCUT2D eigenvalue weighted by Gasteiger charge is 2.22. The number of rotatable bonds is 11. The molecule has 2 aromatic carbocycles. The first-order chi connectivity index (χ1) is 19.9. The summed E-state index contributed by atoms with van der Waals surface area (Å²) in [6, 6.07) is 14.9. The number of anilines is 1. The Labute approximate surface area is 238 Å². The number of amides is 1. The average molecular weight is 559 g/mol. The molecule has 0 radical (unpaired) electrons. The highest BCUT2D eigenvalue weighted by atomic mass is 16.5. The first-order valence-electron chi connectivity index (χ1n) is 13.3. The van der Waals surface area contributed by atoms with Gasteiger partial charge in [-0.25, -0.2) is 0 Å². The quantitative estimate of drug-likeness (QED) is 0.255. The summed E-state index contributed by atoms with van der Waals surface area (Å²) in [4.78, 5) is 16.7. The van der Waals surface area contributed by atoms with E-state index in [1.54, 1.807) is 24.3 Å². The van der Waals surface area contributed by atoms with Crippen molar-refractivity contribution in [2.45, 2.75) is 31.9 Å². The molecule has 1 aliphatic rings. The number of benzene rings is 2. The summed E-state index contributed by atoms with van der Waals surface area (Å²) < 4.78 is 17.3. The van der Waals surface area contributed by atoms with Gasteiger partial charge in [0.2, 0.25) is 0 Å². The van der Waals surface area contributed by atoms with Crippen molar-refractivity contribution >= 4 is 29.6 Å². The number of nitriles is 1. The summed E-state index contributed by atoms with van der Waals surface area (Å²) in [5.74, 6) is 0.914. The molecule has 0 aliphatic carbocycles. The van der Waals surface area contributed by atoms with E-state index in [0.29, 0.717) is 52.9 Å². The van der Waals surface area contributed by atoms with Gasteiger partial charge in [0.1, 0.15) is 23.3 Å². The van der Waals surface area contributed by atoms with Crippen molar-refractivity contribution in [2.24, 2.45) is 4.99 Å². The van der Waals surface area contributed by atoms with E-state index >= 15 is 0 Å². The number of methoxy groups -OCH3 is 1. The Kier molecular flexibility index (Phi) is 9.92. The van der Waals surface area contributed by atoms with Gasteiger partial charge < -0.3 is 34.7 Å². The van der Waals surface area contributed by atoms with Gasteiger partial charge in [-0.05, 0) is 62.4 Å². The molecule has 1 aliphatic heterocycles. The number of aliphatic hydroxyl groups is 2. The van der Waals surface area contributed by atoms with Crippen LogP contribution in [0.2, 0.25) is 0 Å². The van der Waals surface area contributed by atoms with Gasteiger partial charge in [0.15, 0.2) is 5.76 Å². The number of allylic oxidation sites excluding steroid dienone is 1. The number of nitrogens with one attached hydrogen (secondary N) is 2. The zero-order chi connectivity index (χ0) is 29.4. The molecule has 0 saturated carbocycles. The second-order valence-electron chi connectivity index (χ2n) is 9.55. The predicted molar refractivity (Wildman–Crippen MR) is 157 cm³/mol. The molecule has 1 aromatic heterocycles. The van der Waals surface area contributed by atoms with Gasteiger partial charge in [-0.1, -0.05) is 12.1 Å². The number of furan rings is 1. The van der Waals surface area contributed by atoms with Crippen LogP contribution in [0, 0.1) is 11.3 Å². The Bertz CT molecular complexity index is 1470. The number of hydrogen-bond donors (Lipinski definition) is 4. The summed E-state index contributed by atoms with van der Waals surface area (Å²) in [7, 11) is 1.49. The van der Waals surface area contributed by atoms with E-state index in [9.17, 15) is 15.2 Å². The zero-order valence-corrected chi connectivity index (χ0v) is 23.1. The molecule has 0 bridgehead atoms. The molecule has 1 fully saturated rings. The van der Waals surface area contributed by atoms with E-state index in [0.717, 1.165) is 29.7 Å². The molecular formula is C31H34N4O6. The first kappa shape index (κ1) is 29.6. The van der Waals surface area contributed by atoms with Crippen molar-refractivity contribution in [2.75, 3.05) is 38.8 Å². The lowest BCUT2D eigenvalue weighted by molar-refractivity contribution is 0.0801. The summed E-state index contributed by atoms with van der Waals surface area (Å²) in [6.07, 6.45) is 2.62. The van der Waals surface area contributed by atoms with Crippen molar-refractivity contribution < 1.29 is 28.9 Å². The number of carbonyl (C=O) groups excluding carboxylic acids is 1. The maximum absolute atomic E-state index is 12.5. The lowest BCUT2D eigenvalue weighted by Gasteiger charge is -2.24. The molecule has 4 N–H and O–H groups in total. The molecule has 10 heteroatoms. The molecule has 1 atom stereocenters. The maximum atomic E-state index is 12.5. The van der Waals surface area contributed by atoms with E-state index in [1.807, 2.05) is 31.2 Å². The summed E-state index contributed by atoms with van der Waals surface area (Å²) in [6.45, 7) is 6.46. The molecular weight excluding hydrogens is 524 g/mol. The monoisotopic (exact) mass is 558 g/mol. The Morgan fingerprint density at radius 1 is 1.24 bits per heavy atom. The molecule has 4 rings (SSSR count). The van der Waals surface area contributed by atoms with Gasteiger partial charge in [0, 0.05) is 43.0 Å². The van der Waals surface area contributed by atoms with Crippen LogP contribution >= 0.6 is 0 Å². The van der Waals surface area contributed by atoms with Crippen LogP contribution in [0.1, 0.15) is 47.0 Å². The molecule has 10 nitrogen and oxygen atoms in total. The van der Waals surface area contributed by atoms with Crippen molar-refractivity contribution in [1.29, 1.82) is 5.26 Å². The molecule has 214 valence electrons. The van der Waals surface area contributed by atoms with Gasteiger partial charge in [-0.2, -0.15) is 5.26 Å². The van der Waals surface area contributed by atoms with Crippen LogP contribution in [0.3, 0.4) is 0 Å². The number of carbonyl (C=O) groups is 1. The number of aliphatic imine (C=N–C) groups is 1. The van der Waals surface area contributed by atoms with Crippen LogP contribution in [-0.4, -0.2) is 68.5 Å². The predicted octanol–water partition coefficient (Wildman–Crippen LogP) is 4.28. The van der Waals surface area contributed by atoms with Gasteiger partial charge in [-0.15, -0.1) is 0 Å². The van der Waals surface area contributed by atoms with Gasteiger partial charge >= 0.3 is 0 Å². The Morgan fingerprint density at radius 3 is 2.66 bits per heavy atom. The average Bonchev–Trinajstić information content (AvgIpc) is 3.44. The van der Waals surface area contributed by atoms with Crippen LogP contribution < -0.4 is 15.4 Å². The number of aliphatic hydroxyl groups excluding tert-OH is 2. The van der Waals surface area contributed by atoms with Crippen molar-refractivity contribution in [3.05, 3.63) is 71.0 Å². The standard InChI is InChI=1S/C31H34N4O6/c1-4-24(19-6-8-26(21(13-19)16-32)35-22-9-11-40-12-10-22)30-27(33-2)15-29(41-30)25-7-5-20(14-28(25)39-3)31(38)34-17-23(37)18-36/h4-8,13-15,22-23,35-37H,2,9-12,17-18H2,1,3H3,(H,34,38)/b24-4-. The minimum Gasteiger partial charge on any atom is -0.496 e. The van der Waals surface area contributed by atoms with Gasteiger partial charge in [-0.3, -0.25) is 9.79 Å². The van der Waals surface area contributed by atoms with Crippen LogP contribution in [0.25, 0.3) is 16.9 Å². The van der Waals surface area contributed by atoms with Crippen LogP contribution in [0.15, 0.2) is 58.0 Å². The smallest absolute Gasteiger partial charge is 0.251 e. The summed E-state index contributed by atoms with van der Waals surface area (Å²) >= 11 is 0. The second-order valence-corrected chi connectivity index (χ2v) is 9.55. The molecule has 2 heterocycles. The largest absolute Gasteiger partial charge is 0.496 e. The third kappa shape index (κ3) is 6.84. The molecule has 1 saturated heterocycles. The van der Waals surface area contributed by atoms with Crippen molar-refractivity contribution in [3.63, 3.8) is 0 Å². The summed E-state index contributed by atoms with van der Waals surface area (Å²) in [5.41, 5.74) is 4.26. The van der Waals surface area contributed by atoms with Gasteiger partial charge in [0.25, 0.3) is 5.91 Å². The fourth-order valence-electron chi connectivity index (χ4n) is 4.66. The van der Waals surface area contributed by atoms with Crippen LogP contribution in [0.5, 0.6) is 5.75 Å². The number of hydrogen-bond acceptors (Lipinski definition) is 9. The molecule has 1 amide bonds. The Morgan fingerprint density at radius 2 is 2.00 bits per heavy atom. The van der Waals surface area contributed by atoms with Crippen molar-refractivity contribution in [1.82, 2.24) is 5.32 Å². The number of nitrogens with zero attached hydrogens (tertiary/aromatic N) is 2. The van der Waals surface area contributed by atoms with Crippen LogP contribution in [-0.2, 0) is 4.74 Å². The topological polar surface area (TPSA) is 149 Å². The molecule has 1 unspecified atom stereocenters. The van der Waals surface area contributed by atoms with E-state index in [2.05, 4.69) is 28.4 Å².